The van der Waals surface area contributed by atoms with Crippen molar-refractivity contribution in [3.05, 3.63) is 107 Å². The first-order valence-corrected chi connectivity index (χ1v) is 14.8. The van der Waals surface area contributed by atoms with Gasteiger partial charge in [0.05, 0.1) is 17.2 Å². The molecule has 1 unspecified atom stereocenters. The quantitative estimate of drug-likeness (QED) is 0.235. The second-order valence-electron chi connectivity index (χ2n) is 9.36. The van der Waals surface area contributed by atoms with Crippen molar-refractivity contribution in [3.63, 3.8) is 0 Å². The Kier molecular flexibility index (Phi) is 8.01. The van der Waals surface area contributed by atoms with Crippen molar-refractivity contribution in [2.24, 2.45) is 0 Å². The molecule has 1 aromatic heterocycles. The first-order chi connectivity index (χ1) is 19.3. The second-order valence-corrected chi connectivity index (χ2v) is 12.0. The maximum atomic E-state index is 12.9. The molecule has 0 aliphatic carbocycles. The summed E-state index contributed by atoms with van der Waals surface area (Å²) >= 11 is 6.27. The molecule has 1 fully saturated rings. The Balaban J connectivity index is 1.47. The molecule has 1 atom stereocenters. The van der Waals surface area contributed by atoms with Crippen LogP contribution in [0.3, 0.4) is 0 Å². The Morgan fingerprint density at radius 1 is 1.12 bits per heavy atom. The van der Waals surface area contributed by atoms with E-state index in [2.05, 4.69) is 5.32 Å². The molecule has 0 spiro atoms. The average molecular weight is 573 g/mol. The highest BCUT2D eigenvalue weighted by Gasteiger charge is 2.29. The highest BCUT2D eigenvalue weighted by Crippen LogP contribution is 2.29. The zero-order chi connectivity index (χ0) is 28.1. The third kappa shape index (κ3) is 6.42. The molecule has 4 aromatic rings. The molecule has 0 saturated carbocycles. The van der Waals surface area contributed by atoms with Crippen LogP contribution in [0.15, 0.2) is 90.6 Å². The molecular formula is C30H25ClN4O4S. The zero-order valence-electron chi connectivity index (χ0n) is 21.3. The summed E-state index contributed by atoms with van der Waals surface area (Å²) in [4.78, 5) is 12.9. The smallest absolute Gasteiger partial charge is 0.262 e. The number of nitriles is 1. The van der Waals surface area contributed by atoms with Crippen LogP contribution in [0.5, 0.6) is 5.75 Å². The van der Waals surface area contributed by atoms with Crippen molar-refractivity contribution in [2.45, 2.75) is 19.1 Å². The number of hydrogen-bond acceptors (Lipinski definition) is 6. The number of carbonyl (C=O) groups is 1. The van der Waals surface area contributed by atoms with Crippen LogP contribution >= 0.6 is 11.6 Å². The van der Waals surface area contributed by atoms with Gasteiger partial charge in [-0.3, -0.25) is 4.79 Å². The number of carbonyl (C=O) groups excluding carboxylic acids is 1. The maximum absolute atomic E-state index is 12.9. The molecular weight excluding hydrogens is 548 g/mol. The van der Waals surface area contributed by atoms with Crippen LogP contribution in [0.4, 0.5) is 0 Å². The van der Waals surface area contributed by atoms with E-state index in [9.17, 15) is 18.5 Å². The number of benzene rings is 3. The van der Waals surface area contributed by atoms with Gasteiger partial charge >= 0.3 is 0 Å². The van der Waals surface area contributed by atoms with Crippen molar-refractivity contribution in [3.8, 4) is 28.8 Å². The Bertz CT molecular complexity index is 1730. The first kappa shape index (κ1) is 27.2. The van der Waals surface area contributed by atoms with Crippen molar-refractivity contribution in [1.82, 2.24) is 15.1 Å². The number of sulfone groups is 1. The van der Waals surface area contributed by atoms with E-state index in [0.29, 0.717) is 28.5 Å². The SMILES string of the molecule is N#C/C(=C/c1cn(-c2ccccc2)nc1-c1cccc(OCc2ccccc2Cl)c1)C(=O)NC1CCS(=O)(=O)C1. The number of halogens is 1. The van der Waals surface area contributed by atoms with Crippen LogP contribution in [0.1, 0.15) is 17.5 Å². The van der Waals surface area contributed by atoms with Gasteiger partial charge < -0.3 is 10.1 Å². The third-order valence-electron chi connectivity index (χ3n) is 6.46. The number of rotatable bonds is 8. The Morgan fingerprint density at radius 3 is 2.62 bits per heavy atom. The van der Waals surface area contributed by atoms with E-state index in [1.807, 2.05) is 78.9 Å². The number of para-hydroxylation sites is 1. The fraction of sp³-hybridized carbons (Fsp3) is 0.167. The third-order valence-corrected chi connectivity index (χ3v) is 8.59. The largest absolute Gasteiger partial charge is 0.489 e. The molecule has 3 aromatic carbocycles. The van der Waals surface area contributed by atoms with E-state index >= 15 is 0 Å². The molecule has 40 heavy (non-hydrogen) atoms. The molecule has 1 aliphatic heterocycles. The fourth-order valence-electron chi connectivity index (χ4n) is 4.42. The minimum Gasteiger partial charge on any atom is -0.489 e. The number of nitrogens with zero attached hydrogens (tertiary/aromatic N) is 3. The minimum atomic E-state index is -3.18. The Morgan fingerprint density at radius 2 is 1.90 bits per heavy atom. The van der Waals surface area contributed by atoms with Gasteiger partial charge in [0.25, 0.3) is 5.91 Å². The predicted octanol–water partition coefficient (Wildman–Crippen LogP) is 4.98. The lowest BCUT2D eigenvalue weighted by Gasteiger charge is -2.10. The average Bonchev–Trinajstić information content (AvgIpc) is 3.54. The monoisotopic (exact) mass is 572 g/mol. The highest BCUT2D eigenvalue weighted by molar-refractivity contribution is 7.91. The number of aromatic nitrogens is 2. The molecule has 10 heteroatoms. The van der Waals surface area contributed by atoms with Crippen molar-refractivity contribution >= 4 is 33.4 Å². The number of ether oxygens (including phenoxy) is 1. The molecule has 1 N–H and O–H groups in total. The number of nitrogens with one attached hydrogen (secondary N) is 1. The van der Waals surface area contributed by atoms with Gasteiger partial charge in [0.1, 0.15) is 29.7 Å². The zero-order valence-corrected chi connectivity index (χ0v) is 22.9. The minimum absolute atomic E-state index is 0.0203. The highest BCUT2D eigenvalue weighted by atomic mass is 35.5. The standard InChI is InChI=1S/C30H25ClN4O4S/c31-28-12-5-4-7-22(28)19-39-27-11-6-8-21(16-27)29-24(18-35(34-29)26-9-2-1-3-10-26)15-23(17-32)30(36)33-25-13-14-40(37,38)20-25/h1-12,15-16,18,25H,13-14,19-20H2,(H,33,36)/b23-15-. The molecule has 1 saturated heterocycles. The van der Waals surface area contributed by atoms with Crippen LogP contribution in [-0.4, -0.2) is 41.7 Å². The van der Waals surface area contributed by atoms with Gasteiger partial charge in [0.2, 0.25) is 0 Å². The van der Waals surface area contributed by atoms with E-state index in [-0.39, 0.29) is 23.7 Å². The first-order valence-electron chi connectivity index (χ1n) is 12.6. The summed E-state index contributed by atoms with van der Waals surface area (Å²) in [6, 6.07) is 25.7. The molecule has 0 bridgehead atoms. The van der Waals surface area contributed by atoms with Gasteiger partial charge in [-0.15, -0.1) is 0 Å². The number of hydrogen-bond donors (Lipinski definition) is 1. The Labute approximate surface area is 237 Å². The van der Waals surface area contributed by atoms with Gasteiger partial charge in [-0.05, 0) is 42.8 Å². The lowest BCUT2D eigenvalue weighted by Crippen LogP contribution is -2.36. The summed E-state index contributed by atoms with van der Waals surface area (Å²) in [7, 11) is -3.18. The number of amides is 1. The topological polar surface area (TPSA) is 114 Å². The molecule has 202 valence electrons. The van der Waals surface area contributed by atoms with Crippen LogP contribution < -0.4 is 10.1 Å². The van der Waals surface area contributed by atoms with Crippen LogP contribution in [0.2, 0.25) is 5.02 Å². The summed E-state index contributed by atoms with van der Waals surface area (Å²) < 4.78 is 31.3. The van der Waals surface area contributed by atoms with Crippen LogP contribution in [0.25, 0.3) is 23.0 Å². The summed E-state index contributed by atoms with van der Waals surface area (Å²) in [5.41, 5.74) is 3.30. The van der Waals surface area contributed by atoms with E-state index in [1.165, 1.54) is 6.08 Å². The van der Waals surface area contributed by atoms with E-state index < -0.39 is 21.8 Å². The van der Waals surface area contributed by atoms with Crippen LogP contribution in [0, 0.1) is 11.3 Å². The van der Waals surface area contributed by atoms with Crippen LogP contribution in [-0.2, 0) is 21.2 Å². The molecule has 1 amide bonds. The molecule has 5 rings (SSSR count). The second kappa shape index (κ2) is 11.8. The van der Waals surface area contributed by atoms with Gasteiger partial charge in [-0.1, -0.05) is 60.1 Å². The van der Waals surface area contributed by atoms with Gasteiger partial charge in [-0.2, -0.15) is 10.4 Å². The summed E-state index contributed by atoms with van der Waals surface area (Å²) in [6.45, 7) is 0.282. The molecule has 2 heterocycles. The van der Waals surface area contributed by atoms with Gasteiger partial charge in [0.15, 0.2) is 9.84 Å². The van der Waals surface area contributed by atoms with E-state index in [1.54, 1.807) is 16.9 Å². The lowest BCUT2D eigenvalue weighted by atomic mass is 10.1. The van der Waals surface area contributed by atoms with Crippen molar-refractivity contribution in [1.29, 1.82) is 5.26 Å². The molecule has 0 radical (unpaired) electrons. The van der Waals surface area contributed by atoms with Crippen molar-refractivity contribution in [2.75, 3.05) is 11.5 Å². The molecule has 8 nitrogen and oxygen atoms in total. The van der Waals surface area contributed by atoms with E-state index in [4.69, 9.17) is 21.4 Å². The summed E-state index contributed by atoms with van der Waals surface area (Å²) in [6.07, 6.45) is 3.54. The summed E-state index contributed by atoms with van der Waals surface area (Å²) in [5, 5.41) is 17.9. The molecule has 1 aliphatic rings. The normalized spacial score (nSPS) is 16.3. The lowest BCUT2D eigenvalue weighted by molar-refractivity contribution is -0.117. The van der Waals surface area contributed by atoms with Gasteiger partial charge in [-0.25, -0.2) is 13.1 Å². The van der Waals surface area contributed by atoms with Crippen molar-refractivity contribution < 1.29 is 17.9 Å². The van der Waals surface area contributed by atoms with Gasteiger partial charge in [0, 0.05) is 34.0 Å². The van der Waals surface area contributed by atoms with E-state index in [0.717, 1.165) is 16.8 Å². The summed E-state index contributed by atoms with van der Waals surface area (Å²) in [5.74, 6) is -0.135. The Hall–Kier alpha value is -4.39. The maximum Gasteiger partial charge on any atom is 0.262 e. The predicted molar refractivity (Wildman–Crippen MR) is 154 cm³/mol. The fourth-order valence-corrected chi connectivity index (χ4v) is 6.28.